The van der Waals surface area contributed by atoms with Crippen molar-refractivity contribution in [1.29, 1.82) is 0 Å². The average molecular weight is 477 g/mol. The highest BCUT2D eigenvalue weighted by atomic mass is 79.9. The number of rotatable bonds is 6. The van der Waals surface area contributed by atoms with E-state index in [-0.39, 0.29) is 18.1 Å². The molecule has 0 radical (unpaired) electrons. The van der Waals surface area contributed by atoms with Crippen molar-refractivity contribution in [2.24, 2.45) is 0 Å². The molecule has 0 spiro atoms. The van der Waals surface area contributed by atoms with Gasteiger partial charge in [-0.25, -0.2) is 4.39 Å². The first kappa shape index (κ1) is 21.5. The summed E-state index contributed by atoms with van der Waals surface area (Å²) >= 11 is 3.32. The van der Waals surface area contributed by atoms with Crippen LogP contribution < -0.4 is 10.1 Å². The van der Waals surface area contributed by atoms with Gasteiger partial charge in [0, 0.05) is 27.2 Å². The molecule has 0 aliphatic heterocycles. The van der Waals surface area contributed by atoms with Crippen molar-refractivity contribution < 1.29 is 28.6 Å². The van der Waals surface area contributed by atoms with Gasteiger partial charge in [0.1, 0.15) is 6.54 Å². The van der Waals surface area contributed by atoms with Gasteiger partial charge < -0.3 is 15.2 Å². The summed E-state index contributed by atoms with van der Waals surface area (Å²) in [5.41, 5.74) is 1.61. The van der Waals surface area contributed by atoms with Gasteiger partial charge in [0.2, 0.25) is 5.91 Å². The van der Waals surface area contributed by atoms with E-state index < -0.39 is 24.2 Å². The maximum Gasteiger partial charge on any atom is 0.322 e. The zero-order valence-corrected chi connectivity index (χ0v) is 17.7. The largest absolute Gasteiger partial charge is 0.494 e. The first-order valence-corrected chi connectivity index (χ1v) is 9.68. The maximum absolute atomic E-state index is 14.4. The number of benzene rings is 2. The molecule has 1 amide bonds. The Labute approximate surface area is 179 Å². The minimum absolute atomic E-state index is 0.0251. The van der Waals surface area contributed by atoms with Crippen molar-refractivity contribution in [1.82, 2.24) is 9.88 Å². The Morgan fingerprint density at radius 2 is 1.87 bits per heavy atom. The summed E-state index contributed by atoms with van der Waals surface area (Å²) in [5.74, 6) is -2.75. The summed E-state index contributed by atoms with van der Waals surface area (Å²) in [6.45, 7) is 1.13. The SMILES string of the molecule is COc1cc2c(CC(=O)NCC(=O)O)c(C)n(C(=O)c3ccc(Br)cc3)c2cc1F. The highest BCUT2D eigenvalue weighted by Gasteiger charge is 2.23. The van der Waals surface area contributed by atoms with Crippen LogP contribution in [-0.2, 0) is 16.0 Å². The second-order valence-electron chi connectivity index (χ2n) is 6.56. The Morgan fingerprint density at radius 1 is 1.20 bits per heavy atom. The third-order valence-electron chi connectivity index (χ3n) is 4.68. The molecule has 9 heteroatoms. The Hall–Kier alpha value is -3.20. The fourth-order valence-electron chi connectivity index (χ4n) is 3.24. The number of aliphatic carboxylic acids is 1. The van der Waals surface area contributed by atoms with Crippen molar-refractivity contribution in [3.8, 4) is 5.75 Å². The number of carboxylic acids is 1. The number of aromatic nitrogens is 1. The Balaban J connectivity index is 2.14. The lowest BCUT2D eigenvalue weighted by Crippen LogP contribution is -2.30. The molecule has 3 aromatic rings. The number of ether oxygens (including phenoxy) is 1. The number of halogens is 2. The topological polar surface area (TPSA) is 97.6 Å². The van der Waals surface area contributed by atoms with Gasteiger partial charge in [0.15, 0.2) is 11.6 Å². The lowest BCUT2D eigenvalue weighted by Gasteiger charge is -2.08. The summed E-state index contributed by atoms with van der Waals surface area (Å²) < 4.78 is 21.6. The quantitative estimate of drug-likeness (QED) is 0.568. The molecular formula is C21H18BrFN2O5. The van der Waals surface area contributed by atoms with E-state index in [1.54, 1.807) is 31.2 Å². The zero-order valence-electron chi connectivity index (χ0n) is 16.2. The smallest absolute Gasteiger partial charge is 0.322 e. The molecule has 1 aromatic heterocycles. The second kappa shape index (κ2) is 8.66. The number of carbonyl (C=O) groups excluding carboxylic acids is 2. The Bertz CT molecular complexity index is 1150. The van der Waals surface area contributed by atoms with E-state index >= 15 is 0 Å². The third kappa shape index (κ3) is 4.20. The minimum Gasteiger partial charge on any atom is -0.494 e. The molecule has 2 aromatic carbocycles. The highest BCUT2D eigenvalue weighted by molar-refractivity contribution is 9.10. The number of nitrogens with zero attached hydrogens (tertiary/aromatic N) is 1. The van der Waals surface area contributed by atoms with Crippen LogP contribution >= 0.6 is 15.9 Å². The molecule has 30 heavy (non-hydrogen) atoms. The number of carboxylic acid groups (broad SMARTS) is 1. The lowest BCUT2D eigenvalue weighted by molar-refractivity contribution is -0.137. The zero-order chi connectivity index (χ0) is 22.0. The molecule has 0 fully saturated rings. The van der Waals surface area contributed by atoms with Gasteiger partial charge in [-0.05, 0) is 42.8 Å². The number of hydrogen-bond donors (Lipinski definition) is 2. The molecule has 0 aliphatic carbocycles. The number of methoxy groups -OCH3 is 1. The third-order valence-corrected chi connectivity index (χ3v) is 5.21. The predicted molar refractivity (Wildman–Crippen MR) is 111 cm³/mol. The molecular weight excluding hydrogens is 459 g/mol. The van der Waals surface area contributed by atoms with E-state index in [1.807, 2.05) is 0 Å². The molecule has 3 rings (SSSR count). The van der Waals surface area contributed by atoms with Crippen molar-refractivity contribution in [2.45, 2.75) is 13.3 Å². The van der Waals surface area contributed by atoms with Crippen LogP contribution in [0.25, 0.3) is 10.9 Å². The van der Waals surface area contributed by atoms with E-state index in [2.05, 4.69) is 21.2 Å². The van der Waals surface area contributed by atoms with Crippen LogP contribution in [0.15, 0.2) is 40.9 Å². The molecule has 1 heterocycles. The first-order valence-electron chi connectivity index (χ1n) is 8.89. The Morgan fingerprint density at radius 3 is 2.47 bits per heavy atom. The fourth-order valence-corrected chi connectivity index (χ4v) is 3.50. The summed E-state index contributed by atoms with van der Waals surface area (Å²) in [7, 11) is 1.32. The van der Waals surface area contributed by atoms with Crippen molar-refractivity contribution >= 4 is 44.6 Å². The van der Waals surface area contributed by atoms with Crippen LogP contribution in [0.1, 0.15) is 21.6 Å². The number of hydrogen-bond acceptors (Lipinski definition) is 4. The van der Waals surface area contributed by atoms with Gasteiger partial charge in [0.25, 0.3) is 5.91 Å². The maximum atomic E-state index is 14.4. The van der Waals surface area contributed by atoms with E-state index in [9.17, 15) is 18.8 Å². The van der Waals surface area contributed by atoms with E-state index in [1.165, 1.54) is 23.8 Å². The van der Waals surface area contributed by atoms with Crippen LogP contribution in [-0.4, -0.2) is 41.1 Å². The molecule has 0 saturated heterocycles. The number of nitrogens with one attached hydrogen (secondary N) is 1. The molecule has 0 atom stereocenters. The lowest BCUT2D eigenvalue weighted by atomic mass is 10.1. The van der Waals surface area contributed by atoms with Crippen LogP contribution in [0.2, 0.25) is 0 Å². The summed E-state index contributed by atoms with van der Waals surface area (Å²) in [6, 6.07) is 9.34. The average Bonchev–Trinajstić information content (AvgIpc) is 2.96. The number of amides is 1. The predicted octanol–water partition coefficient (Wildman–Crippen LogP) is 3.29. The van der Waals surface area contributed by atoms with E-state index in [0.29, 0.717) is 27.7 Å². The van der Waals surface area contributed by atoms with E-state index in [0.717, 1.165) is 4.47 Å². The standard InChI is InChI=1S/C21H18BrFN2O5/c1-11-14(8-19(26)24-10-20(27)28)15-7-18(30-2)16(23)9-17(15)25(11)21(29)12-3-5-13(22)6-4-12/h3-7,9H,8,10H2,1-2H3,(H,24,26)(H,27,28). The molecule has 0 saturated carbocycles. The number of carbonyl (C=O) groups is 3. The van der Waals surface area contributed by atoms with Crippen molar-refractivity contribution in [3.05, 3.63) is 63.5 Å². The molecule has 2 N–H and O–H groups in total. The summed E-state index contributed by atoms with van der Waals surface area (Å²) in [4.78, 5) is 36.1. The van der Waals surface area contributed by atoms with Crippen molar-refractivity contribution in [3.63, 3.8) is 0 Å². The van der Waals surface area contributed by atoms with Gasteiger partial charge in [0.05, 0.1) is 19.0 Å². The number of fused-ring (bicyclic) bond motifs is 1. The molecule has 156 valence electrons. The molecule has 0 bridgehead atoms. The van der Waals surface area contributed by atoms with Gasteiger partial charge in [-0.3, -0.25) is 19.0 Å². The van der Waals surface area contributed by atoms with Crippen LogP contribution in [0.4, 0.5) is 4.39 Å². The van der Waals surface area contributed by atoms with Gasteiger partial charge in [-0.1, -0.05) is 15.9 Å². The Kier molecular flexibility index (Phi) is 6.21. The van der Waals surface area contributed by atoms with Crippen LogP contribution in [0.5, 0.6) is 5.75 Å². The molecule has 7 nitrogen and oxygen atoms in total. The normalized spacial score (nSPS) is 10.8. The van der Waals surface area contributed by atoms with Gasteiger partial charge >= 0.3 is 5.97 Å². The van der Waals surface area contributed by atoms with Gasteiger partial charge in [-0.2, -0.15) is 0 Å². The second-order valence-corrected chi connectivity index (χ2v) is 7.48. The monoisotopic (exact) mass is 476 g/mol. The molecule has 0 unspecified atom stereocenters. The van der Waals surface area contributed by atoms with Gasteiger partial charge in [-0.15, -0.1) is 0 Å². The minimum atomic E-state index is -1.17. The fraction of sp³-hybridized carbons (Fsp3) is 0.190. The van der Waals surface area contributed by atoms with E-state index in [4.69, 9.17) is 9.84 Å². The summed E-state index contributed by atoms with van der Waals surface area (Å²) in [5, 5.41) is 11.5. The van der Waals surface area contributed by atoms with Crippen LogP contribution in [0.3, 0.4) is 0 Å². The highest BCUT2D eigenvalue weighted by Crippen LogP contribution is 2.32. The van der Waals surface area contributed by atoms with Crippen molar-refractivity contribution in [2.75, 3.05) is 13.7 Å². The van der Waals surface area contributed by atoms with Crippen LogP contribution in [0, 0.1) is 12.7 Å². The molecule has 0 aliphatic rings. The summed E-state index contributed by atoms with van der Waals surface area (Å²) in [6.07, 6.45) is -0.176. The first-order chi connectivity index (χ1) is 14.2.